The molecule has 0 saturated heterocycles. The van der Waals surface area contributed by atoms with Gasteiger partial charge in [0, 0.05) is 23.7 Å². The molecule has 0 fully saturated rings. The number of amides is 1. The standard InChI is InChI=1S/C18H21N3O/c1-11-19-16-8-6-14(10-17(16)20-11)18(22)21-15-7-5-12-3-2-4-13(12)9-15/h5,7,9,14H,2-4,6,8,10H2,1H3,(H,19,20)(H,21,22)/t14-/m1/s1. The van der Waals surface area contributed by atoms with Crippen molar-refractivity contribution in [2.45, 2.75) is 45.4 Å². The van der Waals surface area contributed by atoms with Gasteiger partial charge >= 0.3 is 0 Å². The van der Waals surface area contributed by atoms with Crippen LogP contribution in [-0.2, 0) is 30.5 Å². The quantitative estimate of drug-likeness (QED) is 0.895. The molecule has 0 spiro atoms. The summed E-state index contributed by atoms with van der Waals surface area (Å²) >= 11 is 0. The summed E-state index contributed by atoms with van der Waals surface area (Å²) in [7, 11) is 0. The molecule has 22 heavy (non-hydrogen) atoms. The van der Waals surface area contributed by atoms with Crippen molar-refractivity contribution in [3.8, 4) is 0 Å². The summed E-state index contributed by atoms with van der Waals surface area (Å²) in [6, 6.07) is 6.35. The summed E-state index contributed by atoms with van der Waals surface area (Å²) in [6.45, 7) is 1.97. The zero-order chi connectivity index (χ0) is 15.1. The number of benzene rings is 1. The van der Waals surface area contributed by atoms with E-state index < -0.39 is 0 Å². The molecule has 2 N–H and O–H groups in total. The lowest BCUT2D eigenvalue weighted by Gasteiger charge is -2.20. The Balaban J connectivity index is 1.46. The van der Waals surface area contributed by atoms with Crippen LogP contribution in [0.3, 0.4) is 0 Å². The van der Waals surface area contributed by atoms with Crippen LogP contribution in [0.1, 0.15) is 41.2 Å². The first-order valence-electron chi connectivity index (χ1n) is 8.16. The van der Waals surface area contributed by atoms with E-state index >= 15 is 0 Å². The molecule has 0 aliphatic heterocycles. The number of fused-ring (bicyclic) bond motifs is 2. The Labute approximate surface area is 130 Å². The summed E-state index contributed by atoms with van der Waals surface area (Å²) in [5, 5.41) is 3.11. The topological polar surface area (TPSA) is 57.8 Å². The number of rotatable bonds is 2. The maximum absolute atomic E-state index is 12.5. The summed E-state index contributed by atoms with van der Waals surface area (Å²) < 4.78 is 0. The molecular formula is C18H21N3O. The largest absolute Gasteiger partial charge is 0.346 e. The second-order valence-corrected chi connectivity index (χ2v) is 6.51. The predicted molar refractivity (Wildman–Crippen MR) is 85.9 cm³/mol. The molecule has 2 aliphatic carbocycles. The minimum absolute atomic E-state index is 0.0422. The monoisotopic (exact) mass is 295 g/mol. The van der Waals surface area contributed by atoms with Gasteiger partial charge in [0.1, 0.15) is 5.82 Å². The van der Waals surface area contributed by atoms with Gasteiger partial charge < -0.3 is 10.3 Å². The number of carbonyl (C=O) groups is 1. The Morgan fingerprint density at radius 2 is 2.14 bits per heavy atom. The molecular weight excluding hydrogens is 274 g/mol. The first-order valence-corrected chi connectivity index (χ1v) is 8.16. The number of hydrogen-bond acceptors (Lipinski definition) is 2. The molecule has 4 rings (SSSR count). The van der Waals surface area contributed by atoms with Gasteiger partial charge in [-0.1, -0.05) is 6.07 Å². The lowest BCUT2D eigenvalue weighted by molar-refractivity contribution is -0.120. The third-order valence-electron chi connectivity index (χ3n) is 4.90. The van der Waals surface area contributed by atoms with Gasteiger partial charge in [-0.25, -0.2) is 4.98 Å². The van der Waals surface area contributed by atoms with Crippen molar-refractivity contribution in [1.29, 1.82) is 0 Å². The molecule has 0 saturated carbocycles. The van der Waals surface area contributed by atoms with Gasteiger partial charge in [0.15, 0.2) is 0 Å². The molecule has 0 bridgehead atoms. The number of aromatic amines is 1. The van der Waals surface area contributed by atoms with E-state index in [2.05, 4.69) is 27.4 Å². The van der Waals surface area contributed by atoms with Crippen LogP contribution in [0.4, 0.5) is 5.69 Å². The number of anilines is 1. The maximum Gasteiger partial charge on any atom is 0.227 e. The molecule has 0 unspecified atom stereocenters. The maximum atomic E-state index is 12.5. The van der Waals surface area contributed by atoms with Gasteiger partial charge in [-0.2, -0.15) is 0 Å². The Hall–Kier alpha value is -2.10. The van der Waals surface area contributed by atoms with E-state index in [1.807, 2.05) is 13.0 Å². The second-order valence-electron chi connectivity index (χ2n) is 6.51. The Morgan fingerprint density at radius 3 is 3.05 bits per heavy atom. The van der Waals surface area contributed by atoms with Crippen molar-refractivity contribution in [2.75, 3.05) is 5.32 Å². The van der Waals surface area contributed by atoms with Crippen molar-refractivity contribution >= 4 is 11.6 Å². The minimum atomic E-state index is 0.0422. The predicted octanol–water partition coefficient (Wildman–Crippen LogP) is 2.95. The van der Waals surface area contributed by atoms with Gasteiger partial charge in [0.05, 0.1) is 5.69 Å². The third kappa shape index (κ3) is 2.43. The van der Waals surface area contributed by atoms with Gasteiger partial charge in [-0.3, -0.25) is 4.79 Å². The van der Waals surface area contributed by atoms with E-state index in [0.717, 1.165) is 48.6 Å². The van der Waals surface area contributed by atoms with Crippen LogP contribution >= 0.6 is 0 Å². The average Bonchev–Trinajstić information content (AvgIpc) is 3.10. The highest BCUT2D eigenvalue weighted by atomic mass is 16.1. The Bertz CT molecular complexity index is 732. The summed E-state index contributed by atoms with van der Waals surface area (Å²) in [5.41, 5.74) is 6.05. The molecule has 1 heterocycles. The Kier molecular flexibility index (Phi) is 3.25. The average molecular weight is 295 g/mol. The van der Waals surface area contributed by atoms with E-state index in [1.54, 1.807) is 0 Å². The van der Waals surface area contributed by atoms with Crippen molar-refractivity contribution in [3.05, 3.63) is 46.5 Å². The van der Waals surface area contributed by atoms with Crippen LogP contribution < -0.4 is 5.32 Å². The molecule has 2 aliphatic rings. The molecule has 1 amide bonds. The Morgan fingerprint density at radius 1 is 1.27 bits per heavy atom. The van der Waals surface area contributed by atoms with E-state index in [4.69, 9.17) is 0 Å². The van der Waals surface area contributed by atoms with E-state index in [1.165, 1.54) is 24.0 Å². The van der Waals surface area contributed by atoms with Crippen LogP contribution in [0.5, 0.6) is 0 Å². The van der Waals surface area contributed by atoms with Gasteiger partial charge in [0.25, 0.3) is 0 Å². The van der Waals surface area contributed by atoms with Crippen LogP contribution in [0.25, 0.3) is 0 Å². The molecule has 1 aromatic carbocycles. The van der Waals surface area contributed by atoms with Crippen molar-refractivity contribution < 1.29 is 4.79 Å². The molecule has 4 heteroatoms. The van der Waals surface area contributed by atoms with E-state index in [9.17, 15) is 4.79 Å². The fourth-order valence-electron chi connectivity index (χ4n) is 3.74. The normalized spacial score (nSPS) is 19.6. The molecule has 1 aromatic heterocycles. The summed E-state index contributed by atoms with van der Waals surface area (Å²) in [4.78, 5) is 20.3. The van der Waals surface area contributed by atoms with Crippen LogP contribution in [0.2, 0.25) is 0 Å². The summed E-state index contributed by atoms with van der Waals surface area (Å²) in [5.74, 6) is 1.13. The molecule has 0 radical (unpaired) electrons. The number of imidazole rings is 1. The fraction of sp³-hybridized carbons (Fsp3) is 0.444. The molecule has 114 valence electrons. The minimum Gasteiger partial charge on any atom is -0.346 e. The van der Waals surface area contributed by atoms with Gasteiger partial charge in [0.2, 0.25) is 5.91 Å². The lowest BCUT2D eigenvalue weighted by atomic mass is 9.89. The summed E-state index contributed by atoms with van der Waals surface area (Å²) in [6.07, 6.45) is 6.09. The second kappa shape index (κ2) is 5.27. The first kappa shape index (κ1) is 13.6. The number of carbonyl (C=O) groups excluding carboxylic acids is 1. The fourth-order valence-corrected chi connectivity index (χ4v) is 3.74. The third-order valence-corrected chi connectivity index (χ3v) is 4.90. The van der Waals surface area contributed by atoms with Crippen molar-refractivity contribution in [1.82, 2.24) is 9.97 Å². The highest BCUT2D eigenvalue weighted by Gasteiger charge is 2.27. The first-order chi connectivity index (χ1) is 10.7. The SMILES string of the molecule is Cc1nc2c([nH]1)C[C@H](C(=O)Nc1ccc3c(c1)CCC3)CC2. The molecule has 1 atom stereocenters. The van der Waals surface area contributed by atoms with Crippen LogP contribution in [-0.4, -0.2) is 15.9 Å². The number of nitrogens with one attached hydrogen (secondary N) is 2. The van der Waals surface area contributed by atoms with Gasteiger partial charge in [-0.05, 0) is 62.3 Å². The lowest BCUT2D eigenvalue weighted by Crippen LogP contribution is -2.28. The van der Waals surface area contributed by atoms with E-state index in [0.29, 0.717) is 0 Å². The van der Waals surface area contributed by atoms with E-state index in [-0.39, 0.29) is 11.8 Å². The molecule has 2 aromatic rings. The molecule has 4 nitrogen and oxygen atoms in total. The number of aryl methyl sites for hydroxylation is 4. The number of hydrogen-bond donors (Lipinski definition) is 2. The zero-order valence-corrected chi connectivity index (χ0v) is 12.9. The number of H-pyrrole nitrogens is 1. The van der Waals surface area contributed by atoms with Gasteiger partial charge in [-0.15, -0.1) is 0 Å². The van der Waals surface area contributed by atoms with Crippen LogP contribution in [0, 0.1) is 12.8 Å². The smallest absolute Gasteiger partial charge is 0.227 e. The zero-order valence-electron chi connectivity index (χ0n) is 12.9. The van der Waals surface area contributed by atoms with Crippen LogP contribution in [0.15, 0.2) is 18.2 Å². The number of nitrogens with zero attached hydrogens (tertiary/aromatic N) is 1. The highest BCUT2D eigenvalue weighted by molar-refractivity contribution is 5.93. The van der Waals surface area contributed by atoms with Crippen molar-refractivity contribution in [2.24, 2.45) is 5.92 Å². The highest BCUT2D eigenvalue weighted by Crippen LogP contribution is 2.27. The number of aromatic nitrogens is 2. The van der Waals surface area contributed by atoms with Crippen molar-refractivity contribution in [3.63, 3.8) is 0 Å².